The van der Waals surface area contributed by atoms with Gasteiger partial charge in [0.15, 0.2) is 0 Å². The Hall–Kier alpha value is -3.79. The molecule has 1 aliphatic rings. The van der Waals surface area contributed by atoms with Crippen molar-refractivity contribution in [3.8, 4) is 0 Å². The summed E-state index contributed by atoms with van der Waals surface area (Å²) in [6.45, 7) is 2.56. The molecule has 9 nitrogen and oxygen atoms in total. The van der Waals surface area contributed by atoms with Gasteiger partial charge in [-0.25, -0.2) is 4.98 Å². The van der Waals surface area contributed by atoms with E-state index in [0.717, 1.165) is 55.4 Å². The number of carbonyl (C=O) groups is 2. The number of nitrogens with one attached hydrogen (secondary N) is 3. The zero-order chi connectivity index (χ0) is 26.1. The van der Waals surface area contributed by atoms with Gasteiger partial charge in [0.1, 0.15) is 21.8 Å². The smallest absolute Gasteiger partial charge is 0.267 e. The van der Waals surface area contributed by atoms with Gasteiger partial charge in [-0.1, -0.05) is 25.8 Å². The lowest BCUT2D eigenvalue weighted by atomic mass is 9.95. The first-order valence-corrected chi connectivity index (χ1v) is 13.5. The molecule has 5 rings (SSSR count). The molecule has 0 atom stereocenters. The third-order valence-corrected chi connectivity index (χ3v) is 8.11. The molecule has 0 fully saturated rings. The average molecular weight is 519 g/mol. The summed E-state index contributed by atoms with van der Waals surface area (Å²) in [5, 5.41) is 15.3. The standard InChI is InChI=1S/C27H30N6O3S/c1-3-4-8-14-33-22(28)17(15-18-23(33)30-20-12-7-9-13-32(20)27(18)36)24(34)31-26-21(25(35)29-2)16-10-5-6-11-19(16)37-26/h7,9,12-13,15,28H,3-6,8,10-11,14H2,1-2H3,(H,29,35)(H,31,34). The third-order valence-electron chi connectivity index (χ3n) is 6.90. The topological polar surface area (TPSA) is 121 Å². The van der Waals surface area contributed by atoms with Crippen molar-refractivity contribution < 1.29 is 9.59 Å². The number of thiophene rings is 1. The van der Waals surface area contributed by atoms with Crippen molar-refractivity contribution in [1.82, 2.24) is 19.3 Å². The van der Waals surface area contributed by atoms with Gasteiger partial charge in [0.25, 0.3) is 17.4 Å². The monoisotopic (exact) mass is 518 g/mol. The van der Waals surface area contributed by atoms with Crippen molar-refractivity contribution in [1.29, 1.82) is 5.41 Å². The second-order valence-electron chi connectivity index (χ2n) is 9.30. The molecule has 0 radical (unpaired) electrons. The summed E-state index contributed by atoms with van der Waals surface area (Å²) in [4.78, 5) is 45.6. The number of amides is 2. The molecular formula is C27H30N6O3S. The van der Waals surface area contributed by atoms with Crippen LogP contribution in [-0.4, -0.2) is 32.8 Å². The van der Waals surface area contributed by atoms with E-state index in [1.54, 1.807) is 29.9 Å². The maximum Gasteiger partial charge on any atom is 0.267 e. The predicted molar refractivity (Wildman–Crippen MR) is 145 cm³/mol. The van der Waals surface area contributed by atoms with Crippen molar-refractivity contribution in [3.63, 3.8) is 0 Å². The molecule has 0 unspecified atom stereocenters. The average Bonchev–Trinajstić information content (AvgIpc) is 3.27. The van der Waals surface area contributed by atoms with Gasteiger partial charge in [-0.2, -0.15) is 0 Å². The number of rotatable bonds is 7. The van der Waals surface area contributed by atoms with Crippen LogP contribution in [0.1, 0.15) is 70.2 Å². The van der Waals surface area contributed by atoms with Gasteiger partial charge in [-0.05, 0) is 55.9 Å². The second kappa shape index (κ2) is 10.3. The molecule has 0 spiro atoms. The van der Waals surface area contributed by atoms with Crippen molar-refractivity contribution in [2.45, 2.75) is 58.4 Å². The van der Waals surface area contributed by atoms with Crippen LogP contribution in [0.15, 0.2) is 35.3 Å². The number of hydrogen-bond donors (Lipinski definition) is 3. The second-order valence-corrected chi connectivity index (χ2v) is 10.4. The molecule has 0 aliphatic heterocycles. The Bertz CT molecular complexity index is 1650. The van der Waals surface area contributed by atoms with Crippen molar-refractivity contribution in [2.24, 2.45) is 0 Å². The van der Waals surface area contributed by atoms with Crippen LogP contribution in [0.2, 0.25) is 0 Å². The molecule has 0 bridgehead atoms. The highest BCUT2D eigenvalue weighted by Gasteiger charge is 2.27. The van der Waals surface area contributed by atoms with Crippen molar-refractivity contribution in [3.05, 3.63) is 67.9 Å². The summed E-state index contributed by atoms with van der Waals surface area (Å²) in [7, 11) is 1.58. The molecule has 0 aromatic carbocycles. The van der Waals surface area contributed by atoms with Gasteiger partial charge < -0.3 is 15.2 Å². The van der Waals surface area contributed by atoms with E-state index >= 15 is 0 Å². The lowest BCUT2D eigenvalue weighted by Crippen LogP contribution is -2.32. The van der Waals surface area contributed by atoms with Crippen LogP contribution in [0.5, 0.6) is 0 Å². The molecular weight excluding hydrogens is 488 g/mol. The summed E-state index contributed by atoms with van der Waals surface area (Å²) >= 11 is 1.43. The van der Waals surface area contributed by atoms with Gasteiger partial charge in [0.05, 0.1) is 16.5 Å². The van der Waals surface area contributed by atoms with E-state index in [-0.39, 0.29) is 27.9 Å². The molecule has 4 aromatic heterocycles. The van der Waals surface area contributed by atoms with Gasteiger partial charge in [0, 0.05) is 24.7 Å². The Morgan fingerprint density at radius 2 is 1.97 bits per heavy atom. The van der Waals surface area contributed by atoms with E-state index in [9.17, 15) is 14.4 Å². The predicted octanol–water partition coefficient (Wildman–Crippen LogP) is 3.87. The van der Waals surface area contributed by atoms with E-state index in [1.165, 1.54) is 21.8 Å². The number of aromatic nitrogens is 3. The Kier molecular flexibility index (Phi) is 6.92. The number of unbranched alkanes of at least 4 members (excludes halogenated alkanes) is 2. The van der Waals surface area contributed by atoms with Crippen LogP contribution >= 0.6 is 11.3 Å². The summed E-state index contributed by atoms with van der Waals surface area (Å²) in [6, 6.07) is 6.77. The Balaban J connectivity index is 1.65. The first-order chi connectivity index (χ1) is 17.9. The molecule has 0 saturated carbocycles. The van der Waals surface area contributed by atoms with Crippen LogP contribution in [0, 0.1) is 5.41 Å². The summed E-state index contributed by atoms with van der Waals surface area (Å²) in [5.41, 5.74) is 2.16. The van der Waals surface area contributed by atoms with E-state index < -0.39 is 5.91 Å². The lowest BCUT2D eigenvalue weighted by molar-refractivity contribution is 0.0963. The summed E-state index contributed by atoms with van der Waals surface area (Å²) in [5.74, 6) is -0.750. The summed E-state index contributed by atoms with van der Waals surface area (Å²) < 4.78 is 3.11. The van der Waals surface area contributed by atoms with Gasteiger partial charge in [-0.15, -0.1) is 11.3 Å². The third kappa shape index (κ3) is 4.46. The first kappa shape index (κ1) is 24.9. The van der Waals surface area contributed by atoms with Gasteiger partial charge in [0.2, 0.25) is 0 Å². The van der Waals surface area contributed by atoms with Gasteiger partial charge in [-0.3, -0.25) is 24.2 Å². The van der Waals surface area contributed by atoms with Crippen LogP contribution in [-0.2, 0) is 19.4 Å². The lowest BCUT2D eigenvalue weighted by Gasteiger charge is -2.15. The maximum absolute atomic E-state index is 13.6. The molecule has 3 N–H and O–H groups in total. The molecule has 0 saturated heterocycles. The number of fused-ring (bicyclic) bond motifs is 3. The number of nitrogens with zero attached hydrogens (tertiary/aromatic N) is 3. The highest BCUT2D eigenvalue weighted by atomic mass is 32.1. The highest BCUT2D eigenvalue weighted by Crippen LogP contribution is 2.38. The maximum atomic E-state index is 13.6. The molecule has 1 aliphatic carbocycles. The van der Waals surface area contributed by atoms with E-state index in [2.05, 4.69) is 22.5 Å². The largest absolute Gasteiger partial charge is 0.355 e. The van der Waals surface area contributed by atoms with Crippen LogP contribution < -0.4 is 21.7 Å². The fourth-order valence-electron chi connectivity index (χ4n) is 4.99. The van der Waals surface area contributed by atoms with E-state index in [0.29, 0.717) is 28.4 Å². The Morgan fingerprint density at radius 1 is 1.16 bits per heavy atom. The molecule has 2 amide bonds. The fraction of sp³-hybridized carbons (Fsp3) is 0.370. The fourth-order valence-corrected chi connectivity index (χ4v) is 6.27. The number of hydrogen-bond acceptors (Lipinski definition) is 6. The Labute approximate surface area is 217 Å². The van der Waals surface area contributed by atoms with Crippen LogP contribution in [0.3, 0.4) is 0 Å². The van der Waals surface area contributed by atoms with E-state index in [1.807, 2.05) is 6.07 Å². The van der Waals surface area contributed by atoms with E-state index in [4.69, 9.17) is 5.41 Å². The molecule has 4 aromatic rings. The summed E-state index contributed by atoms with van der Waals surface area (Å²) in [6.07, 6.45) is 8.13. The SMILES string of the molecule is CCCCCn1c(=N)c(C(=O)Nc2sc3c(c2C(=O)NC)CCCC3)cc2c(=O)n3ccccc3nc21. The minimum atomic E-state index is -0.516. The molecule has 37 heavy (non-hydrogen) atoms. The zero-order valence-corrected chi connectivity index (χ0v) is 21.8. The zero-order valence-electron chi connectivity index (χ0n) is 21.0. The highest BCUT2D eigenvalue weighted by molar-refractivity contribution is 7.17. The molecule has 10 heteroatoms. The Morgan fingerprint density at radius 3 is 2.76 bits per heavy atom. The number of aryl methyl sites for hydroxylation is 2. The molecule has 192 valence electrons. The minimum absolute atomic E-state index is 0.00361. The van der Waals surface area contributed by atoms with Crippen LogP contribution in [0.25, 0.3) is 16.7 Å². The normalized spacial score (nSPS) is 13.0. The first-order valence-electron chi connectivity index (χ1n) is 12.7. The number of carbonyl (C=O) groups excluding carboxylic acids is 2. The van der Waals surface area contributed by atoms with Crippen molar-refractivity contribution in [2.75, 3.05) is 12.4 Å². The quantitative estimate of drug-likeness (QED) is 0.254. The van der Waals surface area contributed by atoms with Gasteiger partial charge >= 0.3 is 0 Å². The molecule has 4 heterocycles. The van der Waals surface area contributed by atoms with Crippen molar-refractivity contribution >= 4 is 44.8 Å². The number of pyridine rings is 2. The van der Waals surface area contributed by atoms with Crippen LogP contribution in [0.4, 0.5) is 5.00 Å². The number of anilines is 1. The minimum Gasteiger partial charge on any atom is -0.355 e.